The molecular weight excluding hydrogens is 392 g/mol. The highest BCUT2D eigenvalue weighted by atomic mass is 16.4. The van der Waals surface area contributed by atoms with Crippen molar-refractivity contribution >= 4 is 5.97 Å². The fraction of sp³-hybridized carbons (Fsp3) is 0.967. The smallest absolute Gasteiger partial charge is 0.306 e. The molecule has 0 aliphatic carbocycles. The Balaban J connectivity index is 3.65. The molecule has 0 bridgehead atoms. The van der Waals surface area contributed by atoms with Crippen LogP contribution >= 0.6 is 0 Å². The zero-order chi connectivity index (χ0) is 23.9. The van der Waals surface area contributed by atoms with E-state index in [-0.39, 0.29) is 5.92 Å². The van der Waals surface area contributed by atoms with E-state index in [1.807, 2.05) is 0 Å². The molecule has 0 fully saturated rings. The molecule has 2 unspecified atom stereocenters. The van der Waals surface area contributed by atoms with Crippen LogP contribution in [0.2, 0.25) is 0 Å². The van der Waals surface area contributed by atoms with Crippen LogP contribution in [-0.4, -0.2) is 11.1 Å². The van der Waals surface area contributed by atoms with E-state index in [1.54, 1.807) is 0 Å². The van der Waals surface area contributed by atoms with Crippen molar-refractivity contribution in [2.45, 2.75) is 169 Å². The summed E-state index contributed by atoms with van der Waals surface area (Å²) in [4.78, 5) is 11.8. The van der Waals surface area contributed by atoms with Gasteiger partial charge in [0, 0.05) is 0 Å². The van der Waals surface area contributed by atoms with Gasteiger partial charge in [0.15, 0.2) is 0 Å². The van der Waals surface area contributed by atoms with Gasteiger partial charge >= 0.3 is 5.97 Å². The number of hydrogen-bond donors (Lipinski definition) is 1. The van der Waals surface area contributed by atoms with Crippen molar-refractivity contribution in [1.29, 1.82) is 0 Å². The van der Waals surface area contributed by atoms with Gasteiger partial charge < -0.3 is 5.11 Å². The molecule has 0 amide bonds. The number of unbranched alkanes of at least 4 members (excludes halogenated alkanes) is 14. The summed E-state index contributed by atoms with van der Waals surface area (Å²) in [5.74, 6) is 0.819. The summed E-state index contributed by atoms with van der Waals surface area (Å²) in [6.07, 6.45) is 28.3. The molecule has 2 heteroatoms. The molecule has 192 valence electrons. The summed E-state index contributed by atoms with van der Waals surface area (Å²) in [6, 6.07) is 0. The Labute approximate surface area is 202 Å². The molecule has 0 aromatic rings. The maximum absolute atomic E-state index is 11.8. The van der Waals surface area contributed by atoms with E-state index >= 15 is 0 Å². The first-order valence-corrected chi connectivity index (χ1v) is 14.7. The Morgan fingerprint density at radius 1 is 0.562 bits per heavy atom. The van der Waals surface area contributed by atoms with Gasteiger partial charge in [-0.25, -0.2) is 0 Å². The third-order valence-electron chi connectivity index (χ3n) is 7.21. The quantitative estimate of drug-likeness (QED) is 0.140. The lowest BCUT2D eigenvalue weighted by atomic mass is 9.85. The van der Waals surface area contributed by atoms with Crippen molar-refractivity contribution in [3.05, 3.63) is 0 Å². The van der Waals surface area contributed by atoms with Gasteiger partial charge in [-0.1, -0.05) is 156 Å². The van der Waals surface area contributed by atoms with Crippen molar-refractivity contribution in [1.82, 2.24) is 0 Å². The molecule has 2 atom stereocenters. The minimum atomic E-state index is -0.554. The largest absolute Gasteiger partial charge is 0.481 e. The van der Waals surface area contributed by atoms with Crippen molar-refractivity contribution < 1.29 is 9.90 Å². The minimum Gasteiger partial charge on any atom is -0.481 e. The summed E-state index contributed by atoms with van der Waals surface area (Å²) in [5.41, 5.74) is 0. The Kier molecular flexibility index (Phi) is 23.2. The Hall–Kier alpha value is -0.530. The molecule has 0 rings (SSSR count). The van der Waals surface area contributed by atoms with E-state index < -0.39 is 5.97 Å². The van der Waals surface area contributed by atoms with Crippen LogP contribution < -0.4 is 0 Å². The normalized spacial score (nSPS) is 13.5. The molecule has 0 saturated carbocycles. The Morgan fingerprint density at radius 3 is 1.41 bits per heavy atom. The van der Waals surface area contributed by atoms with E-state index in [0.717, 1.165) is 25.2 Å². The number of aliphatic carboxylic acids is 1. The van der Waals surface area contributed by atoms with E-state index in [9.17, 15) is 9.90 Å². The van der Waals surface area contributed by atoms with Crippen LogP contribution in [0.3, 0.4) is 0 Å². The van der Waals surface area contributed by atoms with Gasteiger partial charge in [-0.05, 0) is 24.7 Å². The first kappa shape index (κ1) is 31.5. The molecule has 1 N–H and O–H groups in total. The Morgan fingerprint density at radius 2 is 1.00 bits per heavy atom. The second-order valence-corrected chi connectivity index (χ2v) is 11.0. The van der Waals surface area contributed by atoms with Crippen molar-refractivity contribution in [3.63, 3.8) is 0 Å². The number of carboxylic acids is 1. The predicted octanol–water partition coefficient (Wildman–Crippen LogP) is 10.6. The number of carboxylic acid groups (broad SMARTS) is 1. The molecule has 2 nitrogen and oxygen atoms in total. The number of hydrogen-bond acceptors (Lipinski definition) is 1. The second kappa shape index (κ2) is 23.6. The van der Waals surface area contributed by atoms with Crippen molar-refractivity contribution in [3.8, 4) is 0 Å². The highest BCUT2D eigenvalue weighted by Crippen LogP contribution is 2.27. The summed E-state index contributed by atoms with van der Waals surface area (Å²) >= 11 is 0. The highest BCUT2D eigenvalue weighted by Gasteiger charge is 2.21. The first-order valence-electron chi connectivity index (χ1n) is 14.7. The molecule has 0 spiro atoms. The van der Waals surface area contributed by atoms with Gasteiger partial charge in [0.2, 0.25) is 0 Å². The zero-order valence-electron chi connectivity index (χ0n) is 22.6. The summed E-state index contributed by atoms with van der Waals surface area (Å²) in [7, 11) is 0. The van der Waals surface area contributed by atoms with Gasteiger partial charge in [-0.15, -0.1) is 0 Å². The summed E-state index contributed by atoms with van der Waals surface area (Å²) < 4.78 is 0. The molecule has 0 radical (unpaired) electrons. The fourth-order valence-electron chi connectivity index (χ4n) is 5.10. The van der Waals surface area contributed by atoms with Crippen molar-refractivity contribution in [2.75, 3.05) is 0 Å². The second-order valence-electron chi connectivity index (χ2n) is 11.0. The van der Waals surface area contributed by atoms with Crippen LogP contribution in [-0.2, 0) is 4.79 Å². The van der Waals surface area contributed by atoms with Crippen LogP contribution in [0.25, 0.3) is 0 Å². The van der Waals surface area contributed by atoms with Crippen LogP contribution in [0.4, 0.5) is 0 Å². The van der Waals surface area contributed by atoms with Crippen LogP contribution in [0.5, 0.6) is 0 Å². The number of rotatable bonds is 25. The van der Waals surface area contributed by atoms with Gasteiger partial charge in [0.25, 0.3) is 0 Å². The number of carbonyl (C=O) groups is 1. The molecule has 32 heavy (non-hydrogen) atoms. The lowest BCUT2D eigenvalue weighted by Crippen LogP contribution is -2.18. The third kappa shape index (κ3) is 21.3. The maximum Gasteiger partial charge on any atom is 0.306 e. The maximum atomic E-state index is 11.8. The Bertz CT molecular complexity index is 390. The van der Waals surface area contributed by atoms with Crippen molar-refractivity contribution in [2.24, 2.45) is 17.8 Å². The lowest BCUT2D eigenvalue weighted by molar-refractivity contribution is -0.142. The molecule has 0 aliphatic heterocycles. The van der Waals surface area contributed by atoms with E-state index in [0.29, 0.717) is 5.92 Å². The summed E-state index contributed by atoms with van der Waals surface area (Å²) in [5, 5.41) is 9.69. The first-order chi connectivity index (χ1) is 15.5. The molecule has 0 aliphatic rings. The van der Waals surface area contributed by atoms with Gasteiger partial charge in [-0.3, -0.25) is 4.79 Å². The molecular formula is C30H60O2. The van der Waals surface area contributed by atoms with Crippen LogP contribution in [0.15, 0.2) is 0 Å². The molecule has 0 heterocycles. The van der Waals surface area contributed by atoms with Crippen LogP contribution in [0.1, 0.15) is 169 Å². The van der Waals surface area contributed by atoms with Crippen LogP contribution in [0, 0.1) is 17.8 Å². The van der Waals surface area contributed by atoms with Gasteiger partial charge in [0.05, 0.1) is 5.92 Å². The summed E-state index contributed by atoms with van der Waals surface area (Å²) in [6.45, 7) is 9.13. The average molecular weight is 453 g/mol. The monoisotopic (exact) mass is 452 g/mol. The zero-order valence-corrected chi connectivity index (χ0v) is 22.6. The predicted molar refractivity (Wildman–Crippen MR) is 142 cm³/mol. The molecule has 0 aromatic carbocycles. The molecule has 0 aromatic heterocycles. The topological polar surface area (TPSA) is 37.3 Å². The standard InChI is InChI=1S/C30H60O2/c1-5-7-19-24-28(22-6-2)26-29(30(31)32)25-21-18-16-14-12-10-8-9-11-13-15-17-20-23-27(3)4/h27-29H,5-26H2,1-4H3,(H,31,32). The lowest BCUT2D eigenvalue weighted by Gasteiger charge is -2.21. The third-order valence-corrected chi connectivity index (χ3v) is 7.21. The van der Waals surface area contributed by atoms with Gasteiger partial charge in [0.1, 0.15) is 0 Å². The highest BCUT2D eigenvalue weighted by molar-refractivity contribution is 5.69. The van der Waals surface area contributed by atoms with E-state index in [1.165, 1.54) is 122 Å². The minimum absolute atomic E-state index is 0.112. The van der Waals surface area contributed by atoms with Gasteiger partial charge in [-0.2, -0.15) is 0 Å². The fourth-order valence-corrected chi connectivity index (χ4v) is 5.10. The molecule has 0 saturated heterocycles. The van der Waals surface area contributed by atoms with E-state index in [4.69, 9.17) is 0 Å². The average Bonchev–Trinajstić information content (AvgIpc) is 2.75. The van der Waals surface area contributed by atoms with E-state index in [2.05, 4.69) is 27.7 Å². The SMILES string of the molecule is CCCCCC(CCC)CC(CCCCCCCCCCCCCCCC(C)C)C(=O)O.